The zero-order valence-electron chi connectivity index (χ0n) is 11.1. The number of carbonyl (C=O) groups is 1. The molecule has 0 aliphatic carbocycles. The number of benzene rings is 1. The van der Waals surface area contributed by atoms with Gasteiger partial charge in [-0.25, -0.2) is 22.0 Å². The van der Waals surface area contributed by atoms with Crippen molar-refractivity contribution in [2.24, 2.45) is 11.7 Å². The first-order valence-electron chi connectivity index (χ1n) is 6.32. The van der Waals surface area contributed by atoms with Crippen LogP contribution in [0.25, 0.3) is 0 Å². The van der Waals surface area contributed by atoms with Gasteiger partial charge >= 0.3 is 0 Å². The summed E-state index contributed by atoms with van der Waals surface area (Å²) in [5.74, 6) is -12.0. The van der Waals surface area contributed by atoms with E-state index in [2.05, 4.69) is 0 Å². The topological polar surface area (TPSA) is 46.3 Å². The molecule has 21 heavy (non-hydrogen) atoms. The summed E-state index contributed by atoms with van der Waals surface area (Å²) in [6.07, 6.45) is 0.513. The average Bonchev–Trinajstić information content (AvgIpc) is 2.93. The van der Waals surface area contributed by atoms with Crippen molar-refractivity contribution in [3.8, 4) is 0 Å². The van der Waals surface area contributed by atoms with Gasteiger partial charge in [0, 0.05) is 19.1 Å². The van der Waals surface area contributed by atoms with E-state index < -0.39 is 40.6 Å². The van der Waals surface area contributed by atoms with Crippen LogP contribution in [0.3, 0.4) is 0 Å². The molecule has 2 unspecified atom stereocenters. The SMILES string of the molecule is CC(N)C1CCN(C(=O)c2c(F)c(F)c(F)c(F)c2F)C1. The molecule has 0 spiro atoms. The molecule has 1 aromatic rings. The first-order valence-corrected chi connectivity index (χ1v) is 6.32. The monoisotopic (exact) mass is 308 g/mol. The minimum atomic E-state index is -2.28. The van der Waals surface area contributed by atoms with E-state index in [-0.39, 0.29) is 25.0 Å². The van der Waals surface area contributed by atoms with Crippen molar-refractivity contribution in [3.05, 3.63) is 34.6 Å². The van der Waals surface area contributed by atoms with Gasteiger partial charge in [0.25, 0.3) is 5.91 Å². The number of likely N-dealkylation sites (tertiary alicyclic amines) is 1. The lowest BCUT2D eigenvalue weighted by Gasteiger charge is -2.19. The van der Waals surface area contributed by atoms with E-state index in [1.54, 1.807) is 6.92 Å². The van der Waals surface area contributed by atoms with Crippen LogP contribution in [-0.2, 0) is 0 Å². The molecule has 2 rings (SSSR count). The summed E-state index contributed by atoms with van der Waals surface area (Å²) in [4.78, 5) is 13.1. The molecule has 1 fully saturated rings. The molecule has 116 valence electrons. The zero-order chi connectivity index (χ0) is 15.9. The Labute approximate surface area is 117 Å². The summed E-state index contributed by atoms with van der Waals surface area (Å²) >= 11 is 0. The summed E-state index contributed by atoms with van der Waals surface area (Å²) in [6.45, 7) is 2.00. The van der Waals surface area contributed by atoms with E-state index >= 15 is 0 Å². The predicted molar refractivity (Wildman–Crippen MR) is 63.9 cm³/mol. The molecule has 1 aromatic carbocycles. The normalized spacial score (nSPS) is 20.0. The van der Waals surface area contributed by atoms with Gasteiger partial charge in [-0.05, 0) is 19.3 Å². The number of carbonyl (C=O) groups excluding carboxylic acids is 1. The molecule has 0 aromatic heterocycles. The zero-order valence-corrected chi connectivity index (χ0v) is 11.1. The molecular weight excluding hydrogens is 295 g/mol. The Hall–Kier alpha value is -1.70. The lowest BCUT2D eigenvalue weighted by atomic mass is 10.0. The predicted octanol–water partition coefficient (Wildman–Crippen LogP) is 2.19. The molecule has 8 heteroatoms. The number of hydrogen-bond donors (Lipinski definition) is 1. The summed E-state index contributed by atoms with van der Waals surface area (Å²) in [5, 5.41) is 0. The van der Waals surface area contributed by atoms with Crippen LogP contribution >= 0.6 is 0 Å². The Kier molecular flexibility index (Phi) is 4.18. The first-order chi connectivity index (χ1) is 9.75. The Morgan fingerprint density at radius 3 is 2.00 bits per heavy atom. The largest absolute Gasteiger partial charge is 0.338 e. The average molecular weight is 308 g/mol. The van der Waals surface area contributed by atoms with Crippen molar-refractivity contribution in [3.63, 3.8) is 0 Å². The number of nitrogens with zero attached hydrogens (tertiary/aromatic N) is 1. The minimum absolute atomic E-state index is 0.0739. The van der Waals surface area contributed by atoms with Gasteiger partial charge in [-0.15, -0.1) is 0 Å². The van der Waals surface area contributed by atoms with Gasteiger partial charge in [0.05, 0.1) is 0 Å². The summed E-state index contributed by atoms with van der Waals surface area (Å²) < 4.78 is 66.3. The second kappa shape index (κ2) is 5.59. The Balaban J connectivity index is 2.37. The molecule has 1 saturated heterocycles. The number of rotatable bonds is 2. The lowest BCUT2D eigenvalue weighted by Crippen LogP contribution is -2.34. The van der Waals surface area contributed by atoms with E-state index in [1.807, 2.05) is 0 Å². The van der Waals surface area contributed by atoms with Gasteiger partial charge in [-0.2, -0.15) is 0 Å². The van der Waals surface area contributed by atoms with Gasteiger partial charge in [-0.1, -0.05) is 0 Å². The van der Waals surface area contributed by atoms with E-state index in [1.165, 1.54) is 0 Å². The molecule has 3 nitrogen and oxygen atoms in total. The maximum absolute atomic E-state index is 13.6. The van der Waals surface area contributed by atoms with Crippen LogP contribution in [0.4, 0.5) is 22.0 Å². The minimum Gasteiger partial charge on any atom is -0.338 e. The highest BCUT2D eigenvalue weighted by Crippen LogP contribution is 2.27. The standard InChI is InChI=1S/C13H13F5N2O/c1-5(19)6-2-3-20(4-6)13(21)7-8(14)10(16)12(18)11(17)9(7)15/h5-6H,2-4,19H2,1H3. The maximum atomic E-state index is 13.6. The third-order valence-electron chi connectivity index (χ3n) is 3.68. The molecule has 1 aliphatic heterocycles. The van der Waals surface area contributed by atoms with E-state index in [0.29, 0.717) is 6.42 Å². The Bertz CT molecular complexity index is 561. The molecule has 2 atom stereocenters. The molecule has 0 saturated carbocycles. The Morgan fingerprint density at radius 1 is 1.10 bits per heavy atom. The van der Waals surface area contributed by atoms with Crippen LogP contribution in [0, 0.1) is 35.0 Å². The van der Waals surface area contributed by atoms with Crippen molar-refractivity contribution in [1.82, 2.24) is 4.90 Å². The second-order valence-electron chi connectivity index (χ2n) is 5.10. The van der Waals surface area contributed by atoms with E-state index in [4.69, 9.17) is 5.73 Å². The summed E-state index contributed by atoms with van der Waals surface area (Å²) in [6, 6.07) is -0.237. The van der Waals surface area contributed by atoms with Crippen LogP contribution in [0.15, 0.2) is 0 Å². The number of hydrogen-bond acceptors (Lipinski definition) is 2. The highest BCUT2D eigenvalue weighted by atomic mass is 19.2. The molecular formula is C13H13F5N2O. The van der Waals surface area contributed by atoms with Gasteiger partial charge < -0.3 is 10.6 Å². The highest BCUT2D eigenvalue weighted by molar-refractivity contribution is 5.95. The lowest BCUT2D eigenvalue weighted by molar-refractivity contribution is 0.0772. The fourth-order valence-corrected chi connectivity index (χ4v) is 2.35. The molecule has 1 amide bonds. The maximum Gasteiger partial charge on any atom is 0.260 e. The third kappa shape index (κ3) is 2.59. The summed E-state index contributed by atoms with van der Waals surface area (Å²) in [5.41, 5.74) is 4.25. The van der Waals surface area contributed by atoms with Crippen molar-refractivity contribution < 1.29 is 26.7 Å². The number of nitrogens with two attached hydrogens (primary N) is 1. The molecule has 0 radical (unpaired) electrons. The van der Waals surface area contributed by atoms with Crippen LogP contribution in [-0.4, -0.2) is 29.9 Å². The van der Waals surface area contributed by atoms with E-state index in [9.17, 15) is 26.7 Å². The number of halogens is 5. The first kappa shape index (κ1) is 15.7. The van der Waals surface area contributed by atoms with Gasteiger partial charge in [0.1, 0.15) is 5.56 Å². The van der Waals surface area contributed by atoms with Crippen molar-refractivity contribution in [2.75, 3.05) is 13.1 Å². The van der Waals surface area contributed by atoms with Crippen molar-refractivity contribution in [1.29, 1.82) is 0 Å². The smallest absolute Gasteiger partial charge is 0.260 e. The molecule has 0 bridgehead atoms. The fourth-order valence-electron chi connectivity index (χ4n) is 2.35. The third-order valence-corrected chi connectivity index (χ3v) is 3.68. The van der Waals surface area contributed by atoms with Gasteiger partial charge in [0.2, 0.25) is 5.82 Å². The van der Waals surface area contributed by atoms with Crippen LogP contribution in [0.2, 0.25) is 0 Å². The van der Waals surface area contributed by atoms with Crippen LogP contribution < -0.4 is 5.73 Å². The van der Waals surface area contributed by atoms with Crippen molar-refractivity contribution in [2.45, 2.75) is 19.4 Å². The van der Waals surface area contributed by atoms with Gasteiger partial charge in [-0.3, -0.25) is 4.79 Å². The van der Waals surface area contributed by atoms with Crippen LogP contribution in [0.1, 0.15) is 23.7 Å². The fraction of sp³-hybridized carbons (Fsp3) is 0.462. The number of amides is 1. The summed E-state index contributed by atoms with van der Waals surface area (Å²) in [7, 11) is 0. The highest BCUT2D eigenvalue weighted by Gasteiger charge is 2.35. The van der Waals surface area contributed by atoms with Crippen LogP contribution in [0.5, 0.6) is 0 Å². The molecule has 2 N–H and O–H groups in total. The molecule has 1 heterocycles. The second-order valence-corrected chi connectivity index (χ2v) is 5.10. The van der Waals surface area contributed by atoms with Gasteiger partial charge in [0.15, 0.2) is 23.3 Å². The Morgan fingerprint density at radius 2 is 1.57 bits per heavy atom. The quantitative estimate of drug-likeness (QED) is 0.517. The van der Waals surface area contributed by atoms with E-state index in [0.717, 1.165) is 4.90 Å². The molecule has 1 aliphatic rings. The van der Waals surface area contributed by atoms with Crippen molar-refractivity contribution >= 4 is 5.91 Å².